The number of aromatic nitrogens is 2. The van der Waals surface area contributed by atoms with Crippen molar-refractivity contribution in [2.45, 2.75) is 19.8 Å². The van der Waals surface area contributed by atoms with Crippen LogP contribution in [0.4, 0.5) is 0 Å². The van der Waals surface area contributed by atoms with Crippen LogP contribution in [0.2, 0.25) is 0 Å². The second kappa shape index (κ2) is 6.04. The van der Waals surface area contributed by atoms with E-state index in [-0.39, 0.29) is 0 Å². The van der Waals surface area contributed by atoms with E-state index in [2.05, 4.69) is 9.97 Å². The molecule has 2 heterocycles. The fourth-order valence-electron chi connectivity index (χ4n) is 2.34. The average Bonchev–Trinajstić information content (AvgIpc) is 2.54. The second-order valence-electron chi connectivity index (χ2n) is 5.40. The van der Waals surface area contributed by atoms with E-state index >= 15 is 0 Å². The first kappa shape index (κ1) is 15.0. The summed E-state index contributed by atoms with van der Waals surface area (Å²) in [6.07, 6.45) is 3.45. The van der Waals surface area contributed by atoms with Gasteiger partial charge in [0.15, 0.2) is 0 Å². The quantitative estimate of drug-likeness (QED) is 0.791. The number of hydrogen-bond donors (Lipinski definition) is 1. The van der Waals surface area contributed by atoms with Gasteiger partial charge in [0.1, 0.15) is 5.75 Å². The molecule has 2 aromatic heterocycles. The number of benzene rings is 1. The molecule has 1 N–H and O–H groups in total. The summed E-state index contributed by atoms with van der Waals surface area (Å²) in [7, 11) is 0. The largest absolute Gasteiger partial charge is 0.481 e. The Kier molecular flexibility index (Phi) is 3.93. The molecule has 0 spiro atoms. The molecular formula is C18H16N2O3. The van der Waals surface area contributed by atoms with Crippen LogP contribution in [0.25, 0.3) is 10.8 Å². The Morgan fingerprint density at radius 1 is 1.22 bits per heavy atom. The molecule has 0 saturated carbocycles. The summed E-state index contributed by atoms with van der Waals surface area (Å²) in [6, 6.07) is 10.9. The van der Waals surface area contributed by atoms with Gasteiger partial charge < -0.3 is 9.84 Å². The number of aliphatic carboxylic acids is 1. The van der Waals surface area contributed by atoms with Gasteiger partial charge in [-0.2, -0.15) is 0 Å². The molecule has 116 valence electrons. The van der Waals surface area contributed by atoms with Gasteiger partial charge in [0.2, 0.25) is 5.88 Å². The maximum atomic E-state index is 11.0. The Balaban J connectivity index is 1.92. The van der Waals surface area contributed by atoms with Crippen LogP contribution in [-0.2, 0) is 4.79 Å². The van der Waals surface area contributed by atoms with Crippen LogP contribution in [0.1, 0.15) is 24.1 Å². The third kappa shape index (κ3) is 3.13. The van der Waals surface area contributed by atoms with Gasteiger partial charge in [-0.3, -0.25) is 9.78 Å². The van der Waals surface area contributed by atoms with E-state index < -0.39 is 11.9 Å². The van der Waals surface area contributed by atoms with Crippen molar-refractivity contribution in [1.29, 1.82) is 0 Å². The van der Waals surface area contributed by atoms with Crippen molar-refractivity contribution in [1.82, 2.24) is 9.97 Å². The van der Waals surface area contributed by atoms with Crippen molar-refractivity contribution >= 4 is 16.7 Å². The number of carboxylic acids is 1. The summed E-state index contributed by atoms with van der Waals surface area (Å²) in [4.78, 5) is 19.6. The van der Waals surface area contributed by atoms with E-state index in [1.54, 1.807) is 43.6 Å². The first-order chi connectivity index (χ1) is 11.0. The minimum Gasteiger partial charge on any atom is -0.481 e. The predicted molar refractivity (Wildman–Crippen MR) is 86.8 cm³/mol. The Bertz CT molecular complexity index is 860. The molecule has 0 aliphatic rings. The number of rotatable bonds is 4. The zero-order valence-corrected chi connectivity index (χ0v) is 12.9. The summed E-state index contributed by atoms with van der Waals surface area (Å²) in [5.74, 6) is -0.302. The fraction of sp³-hybridized carbons (Fsp3) is 0.167. The van der Waals surface area contributed by atoms with Crippen LogP contribution in [0.3, 0.4) is 0 Å². The Morgan fingerprint density at radius 3 is 2.65 bits per heavy atom. The topological polar surface area (TPSA) is 72.3 Å². The van der Waals surface area contributed by atoms with E-state index in [0.29, 0.717) is 11.6 Å². The first-order valence-electron chi connectivity index (χ1n) is 7.26. The standard InChI is InChI=1S/C18H16N2O3/c1-11-9-14-7-8-19-10-16(14)17(20-11)23-15-5-3-13(4-6-15)12(2)18(21)22/h3-10,12H,1-2H3,(H,21,22). The molecular weight excluding hydrogens is 292 g/mol. The van der Waals surface area contributed by atoms with Crippen molar-refractivity contribution in [2.75, 3.05) is 0 Å². The molecule has 0 radical (unpaired) electrons. The molecule has 1 unspecified atom stereocenters. The van der Waals surface area contributed by atoms with Gasteiger partial charge >= 0.3 is 5.97 Å². The highest BCUT2D eigenvalue weighted by atomic mass is 16.5. The highest BCUT2D eigenvalue weighted by molar-refractivity contribution is 5.86. The minimum absolute atomic E-state index is 0.493. The maximum absolute atomic E-state index is 11.0. The molecule has 0 amide bonds. The van der Waals surface area contributed by atoms with Gasteiger partial charge in [-0.25, -0.2) is 4.98 Å². The lowest BCUT2D eigenvalue weighted by atomic mass is 10.0. The number of pyridine rings is 2. The monoisotopic (exact) mass is 308 g/mol. The van der Waals surface area contributed by atoms with Gasteiger partial charge in [-0.1, -0.05) is 12.1 Å². The lowest BCUT2D eigenvalue weighted by Gasteiger charge is -2.10. The molecule has 3 aromatic rings. The molecule has 1 atom stereocenters. The van der Waals surface area contributed by atoms with E-state index in [1.165, 1.54) is 0 Å². The van der Waals surface area contributed by atoms with Gasteiger partial charge in [-0.15, -0.1) is 0 Å². The molecule has 0 bridgehead atoms. The molecule has 5 nitrogen and oxygen atoms in total. The number of fused-ring (bicyclic) bond motifs is 1. The van der Waals surface area contributed by atoms with E-state index in [1.807, 2.05) is 19.1 Å². The van der Waals surface area contributed by atoms with Crippen LogP contribution in [0.5, 0.6) is 11.6 Å². The molecule has 0 aliphatic carbocycles. The molecule has 1 aromatic carbocycles. The summed E-state index contributed by atoms with van der Waals surface area (Å²) >= 11 is 0. The lowest BCUT2D eigenvalue weighted by molar-refractivity contribution is -0.138. The van der Waals surface area contributed by atoms with Crippen molar-refractivity contribution in [3.8, 4) is 11.6 Å². The van der Waals surface area contributed by atoms with Crippen LogP contribution in [-0.4, -0.2) is 21.0 Å². The Morgan fingerprint density at radius 2 is 1.96 bits per heavy atom. The highest BCUT2D eigenvalue weighted by Crippen LogP contribution is 2.29. The highest BCUT2D eigenvalue weighted by Gasteiger charge is 2.13. The van der Waals surface area contributed by atoms with Crippen LogP contribution in [0.15, 0.2) is 48.8 Å². The molecule has 0 fully saturated rings. The van der Waals surface area contributed by atoms with E-state index in [4.69, 9.17) is 9.84 Å². The summed E-state index contributed by atoms with van der Waals surface area (Å²) < 4.78 is 5.87. The molecule has 0 aliphatic heterocycles. The second-order valence-corrected chi connectivity index (χ2v) is 5.40. The Labute approximate surface area is 133 Å². The third-order valence-electron chi connectivity index (χ3n) is 3.69. The molecule has 0 saturated heterocycles. The molecule has 5 heteroatoms. The fourth-order valence-corrected chi connectivity index (χ4v) is 2.34. The van der Waals surface area contributed by atoms with E-state index in [0.717, 1.165) is 22.0 Å². The lowest BCUT2D eigenvalue weighted by Crippen LogP contribution is -2.06. The van der Waals surface area contributed by atoms with Gasteiger partial charge in [-0.05, 0) is 49.1 Å². The number of carbonyl (C=O) groups is 1. The van der Waals surface area contributed by atoms with Gasteiger partial charge in [0.25, 0.3) is 0 Å². The van der Waals surface area contributed by atoms with Crippen molar-refractivity contribution in [2.24, 2.45) is 0 Å². The number of carboxylic acid groups (broad SMARTS) is 1. The van der Waals surface area contributed by atoms with Gasteiger partial charge in [0.05, 0.1) is 11.3 Å². The van der Waals surface area contributed by atoms with Crippen LogP contribution >= 0.6 is 0 Å². The zero-order valence-electron chi connectivity index (χ0n) is 12.9. The van der Waals surface area contributed by atoms with Crippen molar-refractivity contribution < 1.29 is 14.6 Å². The molecule has 23 heavy (non-hydrogen) atoms. The number of nitrogens with zero attached hydrogens (tertiary/aromatic N) is 2. The first-order valence-corrected chi connectivity index (χ1v) is 7.26. The van der Waals surface area contributed by atoms with Gasteiger partial charge in [0, 0.05) is 18.1 Å². The summed E-state index contributed by atoms with van der Waals surface area (Å²) in [5.41, 5.74) is 1.59. The van der Waals surface area contributed by atoms with Crippen molar-refractivity contribution in [3.05, 3.63) is 60.0 Å². The van der Waals surface area contributed by atoms with Crippen molar-refractivity contribution in [3.63, 3.8) is 0 Å². The number of aryl methyl sites for hydroxylation is 1. The Hall–Kier alpha value is -2.95. The predicted octanol–water partition coefficient (Wildman–Crippen LogP) is 3.92. The average molecular weight is 308 g/mol. The maximum Gasteiger partial charge on any atom is 0.310 e. The minimum atomic E-state index is -0.851. The summed E-state index contributed by atoms with van der Waals surface area (Å²) in [5, 5.41) is 10.9. The molecule has 3 rings (SSSR count). The van der Waals surface area contributed by atoms with Crippen LogP contribution < -0.4 is 4.74 Å². The number of hydrogen-bond acceptors (Lipinski definition) is 4. The van der Waals surface area contributed by atoms with Crippen LogP contribution in [0, 0.1) is 6.92 Å². The summed E-state index contributed by atoms with van der Waals surface area (Å²) in [6.45, 7) is 3.56. The normalized spacial score (nSPS) is 12.1. The SMILES string of the molecule is Cc1cc2ccncc2c(Oc2ccc(C(C)C(=O)O)cc2)n1. The van der Waals surface area contributed by atoms with E-state index in [9.17, 15) is 4.79 Å². The number of ether oxygens (including phenoxy) is 1. The third-order valence-corrected chi connectivity index (χ3v) is 3.69. The smallest absolute Gasteiger partial charge is 0.310 e. The zero-order chi connectivity index (χ0) is 16.4.